The third-order valence-corrected chi connectivity index (χ3v) is 5.24. The Labute approximate surface area is 162 Å². The highest BCUT2D eigenvalue weighted by Crippen LogP contribution is 2.25. The van der Waals surface area contributed by atoms with Gasteiger partial charge >= 0.3 is 0 Å². The van der Waals surface area contributed by atoms with Gasteiger partial charge in [0.05, 0.1) is 11.4 Å². The van der Waals surface area contributed by atoms with Crippen LogP contribution in [-0.4, -0.2) is 46.1 Å². The van der Waals surface area contributed by atoms with Gasteiger partial charge < -0.3 is 15.5 Å². The second kappa shape index (κ2) is 8.10. The molecule has 2 amide bonds. The second-order valence-corrected chi connectivity index (χ2v) is 7.22. The van der Waals surface area contributed by atoms with Crippen LogP contribution in [-0.2, 0) is 29.1 Å². The average Bonchev–Trinajstić information content (AvgIpc) is 2.95. The van der Waals surface area contributed by atoms with Crippen LogP contribution in [0.3, 0.4) is 0 Å². The summed E-state index contributed by atoms with van der Waals surface area (Å²) in [6, 6.07) is 7.13. The summed E-state index contributed by atoms with van der Waals surface area (Å²) in [5.41, 5.74) is 2.51. The zero-order valence-corrected chi connectivity index (χ0v) is 15.7. The predicted octanol–water partition coefficient (Wildman–Crippen LogP) is 1.15. The maximum atomic E-state index is 13.6. The van der Waals surface area contributed by atoms with E-state index >= 15 is 0 Å². The van der Waals surface area contributed by atoms with Gasteiger partial charge in [-0.15, -0.1) is 0 Å². The van der Waals surface area contributed by atoms with Crippen LogP contribution in [0.5, 0.6) is 0 Å². The Hall–Kier alpha value is -2.74. The third-order valence-electron chi connectivity index (χ3n) is 5.24. The first kappa shape index (κ1) is 18.6. The lowest BCUT2D eigenvalue weighted by Gasteiger charge is -2.35. The van der Waals surface area contributed by atoms with Crippen molar-refractivity contribution in [2.45, 2.75) is 38.4 Å². The molecule has 1 saturated heterocycles. The summed E-state index contributed by atoms with van der Waals surface area (Å²) in [6.45, 7) is 3.46. The highest BCUT2D eigenvalue weighted by Gasteiger charge is 2.34. The summed E-state index contributed by atoms with van der Waals surface area (Å²) in [5, 5.41) is 10.7. The number of hydrogen-bond donors (Lipinski definition) is 2. The van der Waals surface area contributed by atoms with Crippen LogP contribution in [0.15, 0.2) is 30.3 Å². The minimum atomic E-state index is -0.792. The molecule has 0 radical (unpaired) electrons. The Morgan fingerprint density at radius 2 is 2.14 bits per heavy atom. The molecule has 2 aliphatic heterocycles. The first-order valence-corrected chi connectivity index (χ1v) is 9.71. The maximum Gasteiger partial charge on any atom is 0.247 e. The standard InChI is InChI=1S/C20H24FN5O2/c21-15-4-1-3-14(11-15)19-20(28)23-8-10-25(19)18(27)6-5-16-12-17-13-22-7-2-9-26(17)24-16/h1,3-4,11-12,19,22H,2,5-10,13H2,(H,23,28)/t19-/m1/s1. The minimum Gasteiger partial charge on any atom is -0.352 e. The molecule has 0 unspecified atom stereocenters. The molecule has 28 heavy (non-hydrogen) atoms. The van der Waals surface area contributed by atoms with Gasteiger partial charge in [0.15, 0.2) is 0 Å². The monoisotopic (exact) mass is 385 g/mol. The second-order valence-electron chi connectivity index (χ2n) is 7.22. The topological polar surface area (TPSA) is 79.3 Å². The fraction of sp³-hybridized carbons (Fsp3) is 0.450. The lowest BCUT2D eigenvalue weighted by atomic mass is 10.0. The number of rotatable bonds is 4. The Morgan fingerprint density at radius 1 is 1.25 bits per heavy atom. The number of fused-ring (bicyclic) bond motifs is 1. The van der Waals surface area contributed by atoms with Crippen LogP contribution < -0.4 is 10.6 Å². The van der Waals surface area contributed by atoms with E-state index in [-0.39, 0.29) is 18.2 Å². The summed E-state index contributed by atoms with van der Waals surface area (Å²) in [7, 11) is 0. The molecule has 1 aromatic carbocycles. The quantitative estimate of drug-likeness (QED) is 0.828. The average molecular weight is 385 g/mol. The molecule has 148 valence electrons. The zero-order valence-electron chi connectivity index (χ0n) is 15.7. The summed E-state index contributed by atoms with van der Waals surface area (Å²) in [4.78, 5) is 26.9. The molecule has 1 fully saturated rings. The first-order valence-electron chi connectivity index (χ1n) is 9.71. The molecule has 0 bridgehead atoms. The van der Waals surface area contributed by atoms with Crippen molar-refractivity contribution in [3.05, 3.63) is 53.1 Å². The summed E-state index contributed by atoms with van der Waals surface area (Å²) < 4.78 is 15.6. The van der Waals surface area contributed by atoms with E-state index in [4.69, 9.17) is 0 Å². The van der Waals surface area contributed by atoms with E-state index in [2.05, 4.69) is 15.7 Å². The van der Waals surface area contributed by atoms with Crippen molar-refractivity contribution in [1.29, 1.82) is 0 Å². The Kier molecular flexibility index (Phi) is 5.38. The number of aromatic nitrogens is 2. The van der Waals surface area contributed by atoms with E-state index in [9.17, 15) is 14.0 Å². The third kappa shape index (κ3) is 3.91. The number of piperazine rings is 1. The van der Waals surface area contributed by atoms with Crippen molar-refractivity contribution in [3.63, 3.8) is 0 Å². The van der Waals surface area contributed by atoms with Crippen molar-refractivity contribution in [2.75, 3.05) is 19.6 Å². The number of nitrogens with zero attached hydrogens (tertiary/aromatic N) is 3. The fourth-order valence-corrected chi connectivity index (χ4v) is 3.87. The van der Waals surface area contributed by atoms with Crippen LogP contribution in [0.4, 0.5) is 4.39 Å². The van der Waals surface area contributed by atoms with Gasteiger partial charge in [0.2, 0.25) is 11.8 Å². The fourth-order valence-electron chi connectivity index (χ4n) is 3.87. The van der Waals surface area contributed by atoms with Gasteiger partial charge in [-0.05, 0) is 36.7 Å². The smallest absolute Gasteiger partial charge is 0.247 e. The molecule has 4 rings (SSSR count). The molecule has 2 N–H and O–H groups in total. The van der Waals surface area contributed by atoms with Gasteiger partial charge in [0.25, 0.3) is 0 Å². The highest BCUT2D eigenvalue weighted by atomic mass is 19.1. The number of carbonyl (C=O) groups is 2. The van der Waals surface area contributed by atoms with Crippen molar-refractivity contribution in [1.82, 2.24) is 25.3 Å². The summed E-state index contributed by atoms with van der Waals surface area (Å²) in [5.74, 6) is -0.813. The van der Waals surface area contributed by atoms with Gasteiger partial charge in [-0.1, -0.05) is 12.1 Å². The Morgan fingerprint density at radius 3 is 3.00 bits per heavy atom. The van der Waals surface area contributed by atoms with E-state index in [1.807, 2.05) is 10.7 Å². The van der Waals surface area contributed by atoms with Crippen LogP contribution in [0.2, 0.25) is 0 Å². The lowest BCUT2D eigenvalue weighted by Crippen LogP contribution is -2.52. The van der Waals surface area contributed by atoms with Gasteiger partial charge in [-0.2, -0.15) is 5.10 Å². The van der Waals surface area contributed by atoms with Crippen LogP contribution >= 0.6 is 0 Å². The highest BCUT2D eigenvalue weighted by molar-refractivity contribution is 5.89. The van der Waals surface area contributed by atoms with Gasteiger partial charge in [0, 0.05) is 39.0 Å². The lowest BCUT2D eigenvalue weighted by molar-refractivity contribution is -0.143. The Bertz CT molecular complexity index is 858. The molecule has 0 saturated carbocycles. The Balaban J connectivity index is 1.46. The van der Waals surface area contributed by atoms with Gasteiger partial charge in [0.1, 0.15) is 11.9 Å². The summed E-state index contributed by atoms with van der Waals surface area (Å²) in [6.07, 6.45) is 1.82. The molecule has 8 heteroatoms. The summed E-state index contributed by atoms with van der Waals surface area (Å²) >= 11 is 0. The number of benzene rings is 1. The molecular weight excluding hydrogens is 361 g/mol. The van der Waals surface area contributed by atoms with Crippen molar-refractivity contribution >= 4 is 11.8 Å². The van der Waals surface area contributed by atoms with E-state index < -0.39 is 11.9 Å². The van der Waals surface area contributed by atoms with Crippen molar-refractivity contribution < 1.29 is 14.0 Å². The number of nitrogens with one attached hydrogen (secondary N) is 2. The molecule has 7 nitrogen and oxygen atoms in total. The van der Waals surface area contributed by atoms with E-state index in [0.29, 0.717) is 25.1 Å². The van der Waals surface area contributed by atoms with Crippen molar-refractivity contribution in [2.24, 2.45) is 0 Å². The van der Waals surface area contributed by atoms with Crippen LogP contribution in [0.25, 0.3) is 0 Å². The molecule has 1 aromatic heterocycles. The number of halogens is 1. The number of hydrogen-bond acceptors (Lipinski definition) is 4. The van der Waals surface area contributed by atoms with Gasteiger partial charge in [-0.3, -0.25) is 14.3 Å². The predicted molar refractivity (Wildman–Crippen MR) is 101 cm³/mol. The maximum absolute atomic E-state index is 13.6. The molecule has 0 spiro atoms. The van der Waals surface area contributed by atoms with Crippen molar-refractivity contribution in [3.8, 4) is 0 Å². The molecule has 0 aliphatic carbocycles. The number of carbonyl (C=O) groups excluding carboxylic acids is 2. The molecule has 1 atom stereocenters. The normalized spacial score (nSPS) is 19.7. The SMILES string of the molecule is O=C1NCCN(C(=O)CCc2cc3n(n2)CCCNC3)[C@@H]1c1cccc(F)c1. The first-order chi connectivity index (χ1) is 13.6. The van der Waals surface area contributed by atoms with Gasteiger partial charge in [-0.25, -0.2) is 4.39 Å². The molecule has 2 aromatic rings. The molecular formula is C20H24FN5O2. The van der Waals surface area contributed by atoms with E-state index in [1.54, 1.807) is 17.0 Å². The molecule has 3 heterocycles. The van der Waals surface area contributed by atoms with Crippen LogP contribution in [0.1, 0.15) is 35.8 Å². The number of amides is 2. The largest absolute Gasteiger partial charge is 0.352 e. The minimum absolute atomic E-state index is 0.120. The number of aryl methyl sites for hydroxylation is 2. The van der Waals surface area contributed by atoms with E-state index in [1.165, 1.54) is 12.1 Å². The van der Waals surface area contributed by atoms with E-state index in [0.717, 1.165) is 37.4 Å². The molecule has 2 aliphatic rings. The van der Waals surface area contributed by atoms with Crippen LogP contribution in [0, 0.1) is 5.82 Å². The zero-order chi connectivity index (χ0) is 19.5.